The number of anilines is 2. The molecular weight excluding hydrogens is 355 g/mol. The Kier molecular flexibility index (Phi) is 3.48. The number of nitrogens with one attached hydrogen (secondary N) is 1. The molecule has 0 saturated carbocycles. The van der Waals surface area contributed by atoms with Crippen LogP contribution in [0.5, 0.6) is 0 Å². The van der Waals surface area contributed by atoms with E-state index >= 15 is 0 Å². The van der Waals surface area contributed by atoms with Gasteiger partial charge in [-0.3, -0.25) is 9.12 Å². The third-order valence-corrected chi connectivity index (χ3v) is 5.67. The summed E-state index contributed by atoms with van der Waals surface area (Å²) in [6.07, 6.45) is 1.58. The highest BCUT2D eigenvalue weighted by molar-refractivity contribution is 7.92. The van der Waals surface area contributed by atoms with Crippen molar-refractivity contribution < 1.29 is 8.42 Å². The van der Waals surface area contributed by atoms with Crippen LogP contribution in [-0.4, -0.2) is 17.8 Å². The third-order valence-electron chi connectivity index (χ3n) is 2.69. The Morgan fingerprint density at radius 2 is 2.10 bits per heavy atom. The number of nitrogens with two attached hydrogens (primary N) is 1. The largest absolute Gasteiger partial charge is 0.381 e. The fraction of sp³-hybridized carbons (Fsp3) is 0. The summed E-state index contributed by atoms with van der Waals surface area (Å²) in [5.41, 5.74) is 5.88. The van der Waals surface area contributed by atoms with Gasteiger partial charge in [0.15, 0.2) is 10.8 Å². The standard InChI is InChI=1S/C11H8Cl2N4O2S2/c12-6-2-1-3-7(8(6)13)16-21(18,19)10-9(14)15-11-17(10)4-5-20-11/h1-5,16H,14H2. The summed E-state index contributed by atoms with van der Waals surface area (Å²) in [6.45, 7) is 0. The number of nitrogen functional groups attached to an aromatic ring is 1. The monoisotopic (exact) mass is 362 g/mol. The Morgan fingerprint density at radius 1 is 1.33 bits per heavy atom. The van der Waals surface area contributed by atoms with E-state index in [0.717, 1.165) is 0 Å². The van der Waals surface area contributed by atoms with Crippen LogP contribution >= 0.6 is 34.5 Å². The lowest BCUT2D eigenvalue weighted by atomic mass is 10.3. The van der Waals surface area contributed by atoms with Crippen LogP contribution in [0.3, 0.4) is 0 Å². The number of hydrogen-bond donors (Lipinski definition) is 2. The van der Waals surface area contributed by atoms with Crippen molar-refractivity contribution in [1.82, 2.24) is 9.38 Å². The quantitative estimate of drug-likeness (QED) is 0.748. The van der Waals surface area contributed by atoms with E-state index in [1.807, 2.05) is 0 Å². The van der Waals surface area contributed by atoms with E-state index in [9.17, 15) is 8.42 Å². The first-order valence-corrected chi connectivity index (χ1v) is 8.70. The summed E-state index contributed by atoms with van der Waals surface area (Å²) in [6, 6.07) is 4.66. The van der Waals surface area contributed by atoms with Gasteiger partial charge in [-0.15, -0.1) is 11.3 Å². The van der Waals surface area contributed by atoms with Crippen molar-refractivity contribution in [2.45, 2.75) is 5.03 Å². The van der Waals surface area contributed by atoms with Crippen LogP contribution in [0.1, 0.15) is 0 Å². The zero-order valence-corrected chi connectivity index (χ0v) is 13.4. The number of imidazole rings is 1. The summed E-state index contributed by atoms with van der Waals surface area (Å²) < 4.78 is 28.8. The zero-order chi connectivity index (χ0) is 15.2. The predicted octanol–water partition coefficient (Wildman–Crippen LogP) is 3.09. The molecule has 110 valence electrons. The lowest BCUT2D eigenvalue weighted by molar-refractivity contribution is 0.597. The van der Waals surface area contributed by atoms with Crippen LogP contribution in [0.4, 0.5) is 11.5 Å². The van der Waals surface area contributed by atoms with E-state index < -0.39 is 10.0 Å². The van der Waals surface area contributed by atoms with E-state index in [2.05, 4.69) is 9.71 Å². The van der Waals surface area contributed by atoms with E-state index in [1.54, 1.807) is 23.7 Å². The molecule has 0 radical (unpaired) electrons. The molecular formula is C11H8Cl2N4O2S2. The molecule has 0 amide bonds. The lowest BCUT2D eigenvalue weighted by Crippen LogP contribution is -2.16. The van der Waals surface area contributed by atoms with Crippen molar-refractivity contribution in [3.63, 3.8) is 0 Å². The van der Waals surface area contributed by atoms with E-state index in [0.29, 0.717) is 4.96 Å². The fourth-order valence-electron chi connectivity index (χ4n) is 1.82. The molecule has 3 rings (SSSR count). The molecule has 21 heavy (non-hydrogen) atoms. The van der Waals surface area contributed by atoms with Crippen LogP contribution < -0.4 is 10.5 Å². The number of nitrogens with zero attached hydrogens (tertiary/aromatic N) is 2. The molecule has 10 heteroatoms. The van der Waals surface area contributed by atoms with Gasteiger partial charge in [0.25, 0.3) is 10.0 Å². The van der Waals surface area contributed by atoms with Crippen molar-refractivity contribution in [1.29, 1.82) is 0 Å². The van der Waals surface area contributed by atoms with Gasteiger partial charge in [-0.05, 0) is 12.1 Å². The SMILES string of the molecule is Nc1nc2sccn2c1S(=O)(=O)Nc1cccc(Cl)c1Cl. The summed E-state index contributed by atoms with van der Waals surface area (Å²) in [7, 11) is -3.95. The molecule has 0 unspecified atom stereocenters. The number of benzene rings is 1. The molecule has 2 aromatic heterocycles. The van der Waals surface area contributed by atoms with Crippen LogP contribution in [0, 0.1) is 0 Å². The van der Waals surface area contributed by atoms with Gasteiger partial charge >= 0.3 is 0 Å². The van der Waals surface area contributed by atoms with Gasteiger partial charge in [0, 0.05) is 11.6 Å². The molecule has 3 aromatic rings. The highest BCUT2D eigenvalue weighted by Gasteiger charge is 2.25. The van der Waals surface area contributed by atoms with Gasteiger partial charge in [0.1, 0.15) is 0 Å². The zero-order valence-electron chi connectivity index (χ0n) is 10.2. The predicted molar refractivity (Wildman–Crippen MR) is 84.8 cm³/mol. The Labute approximate surface area is 134 Å². The molecule has 1 aromatic carbocycles. The molecule has 6 nitrogen and oxygen atoms in total. The minimum Gasteiger partial charge on any atom is -0.381 e. The van der Waals surface area contributed by atoms with Gasteiger partial charge < -0.3 is 5.73 Å². The topological polar surface area (TPSA) is 89.5 Å². The van der Waals surface area contributed by atoms with Gasteiger partial charge in [-0.1, -0.05) is 29.3 Å². The maximum atomic E-state index is 12.5. The maximum absolute atomic E-state index is 12.5. The average Bonchev–Trinajstić information content (AvgIpc) is 2.94. The van der Waals surface area contributed by atoms with E-state index in [-0.39, 0.29) is 26.6 Å². The molecule has 0 aliphatic carbocycles. The number of hydrogen-bond acceptors (Lipinski definition) is 5. The van der Waals surface area contributed by atoms with E-state index in [1.165, 1.54) is 21.8 Å². The molecule has 0 saturated heterocycles. The molecule has 0 spiro atoms. The average molecular weight is 363 g/mol. The number of fused-ring (bicyclic) bond motifs is 1. The smallest absolute Gasteiger partial charge is 0.281 e. The second-order valence-electron chi connectivity index (χ2n) is 4.06. The van der Waals surface area contributed by atoms with Gasteiger partial charge in [0.2, 0.25) is 5.03 Å². The number of aromatic nitrogens is 2. The molecule has 0 aliphatic rings. The van der Waals surface area contributed by atoms with Crippen LogP contribution in [0.2, 0.25) is 10.0 Å². The molecule has 0 aliphatic heterocycles. The molecule has 3 N–H and O–H groups in total. The summed E-state index contributed by atoms with van der Waals surface area (Å²) in [5, 5.41) is 1.95. The molecule has 0 bridgehead atoms. The second-order valence-corrected chi connectivity index (χ2v) is 7.32. The number of sulfonamides is 1. The lowest BCUT2D eigenvalue weighted by Gasteiger charge is -2.10. The Bertz CT molecular complexity index is 933. The van der Waals surface area contributed by atoms with Crippen LogP contribution in [0.25, 0.3) is 4.96 Å². The van der Waals surface area contributed by atoms with Crippen molar-refractivity contribution in [3.8, 4) is 0 Å². The van der Waals surface area contributed by atoms with Crippen molar-refractivity contribution in [3.05, 3.63) is 39.8 Å². The highest BCUT2D eigenvalue weighted by atomic mass is 35.5. The van der Waals surface area contributed by atoms with Gasteiger partial charge in [-0.2, -0.15) is 8.42 Å². The first-order valence-electron chi connectivity index (χ1n) is 5.58. The number of rotatable bonds is 3. The minimum absolute atomic E-state index is 0.0764. The summed E-state index contributed by atoms with van der Waals surface area (Å²) in [5.74, 6) is -0.0764. The minimum atomic E-state index is -3.95. The Morgan fingerprint density at radius 3 is 2.86 bits per heavy atom. The molecule has 2 heterocycles. The fourth-order valence-corrected chi connectivity index (χ4v) is 4.29. The van der Waals surface area contributed by atoms with Gasteiger partial charge in [0.05, 0.1) is 15.7 Å². The second kappa shape index (κ2) is 5.06. The summed E-state index contributed by atoms with van der Waals surface area (Å²) in [4.78, 5) is 4.49. The van der Waals surface area contributed by atoms with Crippen molar-refractivity contribution in [2.75, 3.05) is 10.5 Å². The maximum Gasteiger partial charge on any atom is 0.281 e. The first kappa shape index (κ1) is 14.5. The van der Waals surface area contributed by atoms with E-state index in [4.69, 9.17) is 28.9 Å². The molecule has 0 atom stereocenters. The Hall–Kier alpha value is -1.48. The van der Waals surface area contributed by atoms with Crippen LogP contribution in [0.15, 0.2) is 34.8 Å². The third kappa shape index (κ3) is 2.44. The Balaban J connectivity index is 2.11. The molecule has 0 fully saturated rings. The summed E-state index contributed by atoms with van der Waals surface area (Å²) >= 11 is 13.1. The van der Waals surface area contributed by atoms with Crippen molar-refractivity contribution in [2.24, 2.45) is 0 Å². The van der Waals surface area contributed by atoms with Crippen molar-refractivity contribution >= 4 is 61.0 Å². The normalized spacial score (nSPS) is 11.9. The first-order chi connectivity index (χ1) is 9.90. The number of thiazole rings is 1. The van der Waals surface area contributed by atoms with Crippen LogP contribution in [-0.2, 0) is 10.0 Å². The number of halogens is 2. The highest BCUT2D eigenvalue weighted by Crippen LogP contribution is 2.32. The van der Waals surface area contributed by atoms with Gasteiger partial charge in [-0.25, -0.2) is 4.98 Å².